The molecule has 7 heteroatoms. The maximum Gasteiger partial charge on any atom is 0.275 e. The van der Waals surface area contributed by atoms with Crippen LogP contribution >= 0.6 is 11.3 Å². The molecular formula is C19H12N3O3S-. The number of thiazole rings is 1. The van der Waals surface area contributed by atoms with Gasteiger partial charge in [0.05, 0.1) is 23.6 Å². The molecule has 0 bridgehead atoms. The van der Waals surface area contributed by atoms with Crippen molar-refractivity contribution in [3.05, 3.63) is 81.7 Å². The van der Waals surface area contributed by atoms with E-state index in [1.165, 1.54) is 11.3 Å². The summed E-state index contributed by atoms with van der Waals surface area (Å²) >= 11 is 1.46. The minimum atomic E-state index is -1.42. The predicted molar refractivity (Wildman–Crippen MR) is 97.0 cm³/mol. The summed E-state index contributed by atoms with van der Waals surface area (Å²) in [6.07, 6.45) is 0. The van der Waals surface area contributed by atoms with Gasteiger partial charge in [0.1, 0.15) is 10.7 Å². The second-order valence-electron chi connectivity index (χ2n) is 5.65. The highest BCUT2D eigenvalue weighted by atomic mass is 32.1. The molecule has 0 fully saturated rings. The lowest BCUT2D eigenvalue weighted by Crippen LogP contribution is -2.31. The van der Waals surface area contributed by atoms with Crippen LogP contribution in [0, 0.1) is 0 Å². The maximum atomic E-state index is 12.6. The Morgan fingerprint density at radius 3 is 2.46 bits per heavy atom. The molecule has 6 nitrogen and oxygen atoms in total. The molecule has 0 saturated carbocycles. The zero-order valence-electron chi connectivity index (χ0n) is 13.5. The lowest BCUT2D eigenvalue weighted by molar-refractivity contribution is -0.255. The van der Waals surface area contributed by atoms with E-state index in [0.29, 0.717) is 11.1 Å². The average Bonchev–Trinajstić information content (AvgIpc) is 3.13. The van der Waals surface area contributed by atoms with Crippen LogP contribution in [0.15, 0.2) is 64.8 Å². The van der Waals surface area contributed by atoms with Gasteiger partial charge in [-0.3, -0.25) is 4.79 Å². The van der Waals surface area contributed by atoms with Crippen LogP contribution in [0.2, 0.25) is 0 Å². The number of rotatable bonds is 4. The third kappa shape index (κ3) is 2.89. The fraction of sp³-hybridized carbons (Fsp3) is 0.0526. The zero-order valence-corrected chi connectivity index (χ0v) is 14.3. The van der Waals surface area contributed by atoms with Crippen LogP contribution < -0.4 is 10.7 Å². The Labute approximate surface area is 152 Å². The van der Waals surface area contributed by atoms with Gasteiger partial charge in [-0.25, -0.2) is 9.67 Å². The minimum absolute atomic E-state index is 0.0906. The first-order chi connectivity index (χ1) is 12.6. The van der Waals surface area contributed by atoms with Gasteiger partial charge in [0, 0.05) is 16.3 Å². The molecule has 4 rings (SSSR count). The van der Waals surface area contributed by atoms with Crippen LogP contribution in [0.4, 0.5) is 0 Å². The zero-order chi connectivity index (χ0) is 18.1. The van der Waals surface area contributed by atoms with Gasteiger partial charge in [-0.15, -0.1) is 11.3 Å². The Bertz CT molecular complexity index is 1170. The van der Waals surface area contributed by atoms with Crippen LogP contribution in [0.25, 0.3) is 21.3 Å². The summed E-state index contributed by atoms with van der Waals surface area (Å²) in [5.74, 6) is -1.42. The van der Waals surface area contributed by atoms with Gasteiger partial charge in [-0.05, 0) is 6.07 Å². The second kappa shape index (κ2) is 6.53. The fourth-order valence-electron chi connectivity index (χ4n) is 2.74. The molecule has 0 atom stereocenters. The normalized spacial score (nSPS) is 10.9. The molecule has 0 aliphatic heterocycles. The molecule has 0 spiro atoms. The van der Waals surface area contributed by atoms with Gasteiger partial charge in [0.25, 0.3) is 5.56 Å². The smallest absolute Gasteiger partial charge is 0.275 e. The second-order valence-corrected chi connectivity index (χ2v) is 6.51. The molecular weight excluding hydrogens is 350 g/mol. The third-order valence-electron chi connectivity index (χ3n) is 3.95. The molecule has 0 radical (unpaired) electrons. The van der Waals surface area contributed by atoms with Crippen molar-refractivity contribution in [2.24, 2.45) is 0 Å². The van der Waals surface area contributed by atoms with E-state index in [4.69, 9.17) is 0 Å². The van der Waals surface area contributed by atoms with Gasteiger partial charge in [-0.1, -0.05) is 48.5 Å². The van der Waals surface area contributed by atoms with Crippen LogP contribution in [-0.4, -0.2) is 20.7 Å². The Morgan fingerprint density at radius 1 is 1.04 bits per heavy atom. The number of carboxylic acids is 1. The quantitative estimate of drug-likeness (QED) is 0.553. The van der Waals surface area contributed by atoms with Gasteiger partial charge in [0.2, 0.25) is 0 Å². The number of benzene rings is 2. The molecule has 26 heavy (non-hydrogen) atoms. The highest BCUT2D eigenvalue weighted by Gasteiger charge is 2.13. The van der Waals surface area contributed by atoms with E-state index in [1.807, 2.05) is 35.7 Å². The van der Waals surface area contributed by atoms with Crippen LogP contribution in [0.3, 0.4) is 0 Å². The minimum Gasteiger partial charge on any atom is -0.543 e. The standard InChI is InChI=1S/C19H13N3O3S/c23-18-15-9-5-4-8-14(15)16(19(24)25)21-22(18)10-13-11-26-17(20-13)12-6-2-1-3-7-12/h1-9,11H,10H2,(H,24,25)/p-1. The van der Waals surface area contributed by atoms with Crippen molar-refractivity contribution < 1.29 is 9.90 Å². The number of carbonyl (C=O) groups is 1. The highest BCUT2D eigenvalue weighted by Crippen LogP contribution is 2.23. The molecule has 2 heterocycles. The number of hydrogen-bond donors (Lipinski definition) is 0. The summed E-state index contributed by atoms with van der Waals surface area (Å²) in [7, 11) is 0. The van der Waals surface area contributed by atoms with Crippen LogP contribution in [-0.2, 0) is 6.54 Å². The molecule has 2 aromatic carbocycles. The van der Waals surface area contributed by atoms with Gasteiger partial charge < -0.3 is 9.90 Å². The largest absolute Gasteiger partial charge is 0.543 e. The number of fused-ring (bicyclic) bond motifs is 1. The summed E-state index contributed by atoms with van der Waals surface area (Å²) in [6, 6.07) is 16.2. The summed E-state index contributed by atoms with van der Waals surface area (Å²) < 4.78 is 1.12. The molecule has 0 saturated heterocycles. The van der Waals surface area contributed by atoms with E-state index in [1.54, 1.807) is 24.3 Å². The number of aromatic carboxylic acids is 1. The van der Waals surface area contributed by atoms with E-state index in [9.17, 15) is 14.7 Å². The van der Waals surface area contributed by atoms with Crippen molar-refractivity contribution in [2.45, 2.75) is 6.54 Å². The third-order valence-corrected chi connectivity index (χ3v) is 4.89. The number of carbonyl (C=O) groups excluding carboxylic acids is 1. The van der Waals surface area contributed by atoms with Crippen molar-refractivity contribution in [2.75, 3.05) is 0 Å². The van der Waals surface area contributed by atoms with Crippen molar-refractivity contribution in [3.8, 4) is 10.6 Å². The van der Waals surface area contributed by atoms with Crippen molar-refractivity contribution >= 4 is 28.1 Å². The summed E-state index contributed by atoms with van der Waals surface area (Å²) in [4.78, 5) is 28.6. The summed E-state index contributed by atoms with van der Waals surface area (Å²) in [5, 5.41) is 18.6. The fourth-order valence-corrected chi connectivity index (χ4v) is 3.56. The average molecular weight is 362 g/mol. The topological polar surface area (TPSA) is 87.9 Å². The number of hydrogen-bond acceptors (Lipinski definition) is 6. The van der Waals surface area contributed by atoms with Gasteiger partial charge >= 0.3 is 0 Å². The highest BCUT2D eigenvalue weighted by molar-refractivity contribution is 7.13. The lowest BCUT2D eigenvalue weighted by atomic mass is 10.1. The Hall–Kier alpha value is -3.32. The Morgan fingerprint density at radius 2 is 1.73 bits per heavy atom. The van der Waals surface area contributed by atoms with Gasteiger partial charge in [0.15, 0.2) is 0 Å². The molecule has 0 N–H and O–H groups in total. The van der Waals surface area contributed by atoms with Crippen molar-refractivity contribution in [1.29, 1.82) is 0 Å². The van der Waals surface area contributed by atoms with Crippen molar-refractivity contribution in [3.63, 3.8) is 0 Å². The van der Waals surface area contributed by atoms with E-state index in [0.717, 1.165) is 15.3 Å². The van der Waals surface area contributed by atoms with E-state index < -0.39 is 5.97 Å². The molecule has 4 aromatic rings. The summed E-state index contributed by atoms with van der Waals surface area (Å²) in [5.41, 5.74) is 1.01. The monoisotopic (exact) mass is 362 g/mol. The number of nitrogens with zero attached hydrogens (tertiary/aromatic N) is 3. The van der Waals surface area contributed by atoms with Crippen LogP contribution in [0.1, 0.15) is 16.2 Å². The maximum absolute atomic E-state index is 12.6. The molecule has 2 aromatic heterocycles. The first-order valence-electron chi connectivity index (χ1n) is 7.84. The molecule has 0 aliphatic rings. The molecule has 128 valence electrons. The first-order valence-corrected chi connectivity index (χ1v) is 8.72. The molecule has 0 aliphatic carbocycles. The molecule has 0 amide bonds. The predicted octanol–water partition coefficient (Wildman–Crippen LogP) is 1.93. The van der Waals surface area contributed by atoms with E-state index in [2.05, 4.69) is 10.1 Å². The van der Waals surface area contributed by atoms with Crippen molar-refractivity contribution in [1.82, 2.24) is 14.8 Å². The lowest BCUT2D eigenvalue weighted by Gasteiger charge is -2.10. The summed E-state index contributed by atoms with van der Waals surface area (Å²) in [6.45, 7) is 0.0906. The first kappa shape index (κ1) is 16.2. The van der Waals surface area contributed by atoms with Gasteiger partial charge in [-0.2, -0.15) is 5.10 Å². The van der Waals surface area contributed by atoms with E-state index >= 15 is 0 Å². The Balaban J connectivity index is 1.76. The van der Waals surface area contributed by atoms with Crippen LogP contribution in [0.5, 0.6) is 0 Å². The number of carboxylic acid groups (broad SMARTS) is 1. The molecule has 0 unspecified atom stereocenters. The van der Waals surface area contributed by atoms with E-state index in [-0.39, 0.29) is 23.2 Å². The number of aromatic nitrogens is 3. The SMILES string of the molecule is O=C([O-])c1nn(Cc2csc(-c3ccccc3)n2)c(=O)c2ccccc12. The Kier molecular flexibility index (Phi) is 4.06.